The fourth-order valence-corrected chi connectivity index (χ4v) is 1.68. The van der Waals surface area contributed by atoms with Crippen molar-refractivity contribution in [2.24, 2.45) is 0 Å². The zero-order chi connectivity index (χ0) is 15.9. The molecule has 0 saturated carbocycles. The van der Waals surface area contributed by atoms with Crippen LogP contribution in [0, 0.1) is 0 Å². The van der Waals surface area contributed by atoms with E-state index in [4.69, 9.17) is 14.2 Å². The SMILES string of the molecule is COC(=O)c1ccc(OCc2nc(OC)cc(OC)n2)cc1. The van der Waals surface area contributed by atoms with Gasteiger partial charge in [0.1, 0.15) is 12.4 Å². The number of carbonyl (C=O) groups excluding carboxylic acids is 1. The van der Waals surface area contributed by atoms with E-state index in [2.05, 4.69) is 14.7 Å². The Morgan fingerprint density at radius 2 is 1.59 bits per heavy atom. The molecule has 0 spiro atoms. The van der Waals surface area contributed by atoms with Crippen LogP contribution in [0.25, 0.3) is 0 Å². The molecule has 1 aromatic carbocycles. The third-order valence-corrected chi connectivity index (χ3v) is 2.79. The molecule has 0 atom stereocenters. The van der Waals surface area contributed by atoms with Crippen molar-refractivity contribution < 1.29 is 23.7 Å². The molecular weight excluding hydrogens is 288 g/mol. The van der Waals surface area contributed by atoms with Gasteiger partial charge in [0.2, 0.25) is 11.8 Å². The van der Waals surface area contributed by atoms with Crippen molar-refractivity contribution in [1.29, 1.82) is 0 Å². The number of nitrogens with zero attached hydrogens (tertiary/aromatic N) is 2. The molecule has 2 rings (SSSR count). The van der Waals surface area contributed by atoms with E-state index in [9.17, 15) is 4.79 Å². The van der Waals surface area contributed by atoms with E-state index in [1.807, 2.05) is 0 Å². The van der Waals surface area contributed by atoms with Gasteiger partial charge in [-0.3, -0.25) is 0 Å². The molecule has 0 aliphatic carbocycles. The van der Waals surface area contributed by atoms with Crippen molar-refractivity contribution in [3.05, 3.63) is 41.7 Å². The Bertz CT molecular complexity index is 621. The molecule has 0 radical (unpaired) electrons. The molecule has 0 unspecified atom stereocenters. The number of carbonyl (C=O) groups is 1. The number of aromatic nitrogens is 2. The minimum Gasteiger partial charge on any atom is -0.486 e. The van der Waals surface area contributed by atoms with E-state index in [0.29, 0.717) is 28.9 Å². The summed E-state index contributed by atoms with van der Waals surface area (Å²) < 4.78 is 20.3. The Hall–Kier alpha value is -2.83. The van der Waals surface area contributed by atoms with Crippen LogP contribution in [0.4, 0.5) is 0 Å². The van der Waals surface area contributed by atoms with Crippen LogP contribution in [0.5, 0.6) is 17.5 Å². The van der Waals surface area contributed by atoms with E-state index in [0.717, 1.165) is 0 Å². The van der Waals surface area contributed by atoms with Gasteiger partial charge in [-0.1, -0.05) is 0 Å². The lowest BCUT2D eigenvalue weighted by Gasteiger charge is -2.08. The first-order valence-corrected chi connectivity index (χ1v) is 6.43. The number of hydrogen-bond acceptors (Lipinski definition) is 7. The normalized spacial score (nSPS) is 9.95. The number of methoxy groups -OCH3 is 3. The van der Waals surface area contributed by atoms with E-state index in [1.54, 1.807) is 30.3 Å². The summed E-state index contributed by atoms with van der Waals surface area (Å²) in [7, 11) is 4.36. The predicted molar refractivity (Wildman–Crippen MR) is 77.2 cm³/mol. The lowest BCUT2D eigenvalue weighted by atomic mass is 10.2. The molecule has 22 heavy (non-hydrogen) atoms. The molecule has 0 saturated heterocycles. The Kier molecular flexibility index (Phi) is 5.13. The maximum atomic E-state index is 11.3. The number of rotatable bonds is 6. The van der Waals surface area contributed by atoms with E-state index in [1.165, 1.54) is 21.3 Å². The molecule has 0 fully saturated rings. The van der Waals surface area contributed by atoms with Gasteiger partial charge >= 0.3 is 5.97 Å². The Labute approximate surface area is 127 Å². The van der Waals surface area contributed by atoms with Gasteiger partial charge in [-0.05, 0) is 24.3 Å². The van der Waals surface area contributed by atoms with Gasteiger partial charge in [0.25, 0.3) is 0 Å². The fourth-order valence-electron chi connectivity index (χ4n) is 1.68. The van der Waals surface area contributed by atoms with Crippen LogP contribution in [0.15, 0.2) is 30.3 Å². The summed E-state index contributed by atoms with van der Waals surface area (Å²) >= 11 is 0. The Morgan fingerprint density at radius 3 is 2.09 bits per heavy atom. The van der Waals surface area contributed by atoms with Gasteiger partial charge in [0.15, 0.2) is 5.82 Å². The second-order valence-corrected chi connectivity index (χ2v) is 4.17. The summed E-state index contributed by atoms with van der Waals surface area (Å²) in [5.74, 6) is 1.40. The smallest absolute Gasteiger partial charge is 0.337 e. The second-order valence-electron chi connectivity index (χ2n) is 4.17. The average Bonchev–Trinajstić information content (AvgIpc) is 2.59. The van der Waals surface area contributed by atoms with Gasteiger partial charge in [-0.25, -0.2) is 4.79 Å². The third kappa shape index (κ3) is 3.85. The average molecular weight is 304 g/mol. The van der Waals surface area contributed by atoms with Crippen LogP contribution < -0.4 is 14.2 Å². The van der Waals surface area contributed by atoms with Crippen molar-refractivity contribution in [2.45, 2.75) is 6.61 Å². The summed E-state index contributed by atoms with van der Waals surface area (Å²) in [5, 5.41) is 0. The highest BCUT2D eigenvalue weighted by Gasteiger charge is 2.08. The lowest BCUT2D eigenvalue weighted by molar-refractivity contribution is 0.0600. The summed E-state index contributed by atoms with van der Waals surface area (Å²) in [6, 6.07) is 8.16. The van der Waals surface area contributed by atoms with Crippen molar-refractivity contribution in [2.75, 3.05) is 21.3 Å². The quantitative estimate of drug-likeness (QED) is 0.753. The number of ether oxygens (including phenoxy) is 4. The highest BCUT2D eigenvalue weighted by molar-refractivity contribution is 5.89. The summed E-state index contributed by atoms with van der Waals surface area (Å²) in [4.78, 5) is 19.7. The molecule has 0 bridgehead atoms. The standard InChI is InChI=1S/C15H16N2O5/c1-19-13-8-14(20-2)17-12(16-13)9-22-11-6-4-10(5-7-11)15(18)21-3/h4-8H,9H2,1-3H3. The topological polar surface area (TPSA) is 79.8 Å². The van der Waals surface area contributed by atoms with E-state index in [-0.39, 0.29) is 6.61 Å². The minimum absolute atomic E-state index is 0.144. The molecule has 116 valence electrons. The first kappa shape index (κ1) is 15.6. The zero-order valence-electron chi connectivity index (χ0n) is 12.5. The van der Waals surface area contributed by atoms with Crippen molar-refractivity contribution >= 4 is 5.97 Å². The highest BCUT2D eigenvalue weighted by atomic mass is 16.5. The molecule has 1 aromatic heterocycles. The maximum Gasteiger partial charge on any atom is 0.337 e. The Morgan fingerprint density at radius 1 is 1.00 bits per heavy atom. The maximum absolute atomic E-state index is 11.3. The van der Waals surface area contributed by atoms with Crippen LogP contribution in [-0.2, 0) is 11.3 Å². The number of esters is 1. The molecule has 7 heteroatoms. The minimum atomic E-state index is -0.396. The molecule has 2 aromatic rings. The van der Waals surface area contributed by atoms with Gasteiger partial charge < -0.3 is 18.9 Å². The molecule has 7 nitrogen and oxygen atoms in total. The number of benzene rings is 1. The summed E-state index contributed by atoms with van der Waals surface area (Å²) in [6.07, 6.45) is 0. The van der Waals surface area contributed by atoms with Gasteiger partial charge in [0.05, 0.1) is 33.0 Å². The van der Waals surface area contributed by atoms with Crippen LogP contribution >= 0.6 is 0 Å². The van der Waals surface area contributed by atoms with E-state index >= 15 is 0 Å². The predicted octanol–water partition coefficient (Wildman–Crippen LogP) is 1.86. The third-order valence-electron chi connectivity index (χ3n) is 2.79. The first-order chi connectivity index (χ1) is 10.7. The van der Waals surface area contributed by atoms with Gasteiger partial charge in [-0.15, -0.1) is 0 Å². The molecule has 0 amide bonds. The van der Waals surface area contributed by atoms with Crippen molar-refractivity contribution in [3.8, 4) is 17.5 Å². The summed E-state index contributed by atoms with van der Waals surface area (Å²) in [5.41, 5.74) is 0.453. The van der Waals surface area contributed by atoms with Crippen molar-refractivity contribution in [1.82, 2.24) is 9.97 Å². The van der Waals surface area contributed by atoms with Crippen LogP contribution in [0.1, 0.15) is 16.2 Å². The molecule has 1 heterocycles. The number of hydrogen-bond donors (Lipinski definition) is 0. The van der Waals surface area contributed by atoms with Crippen LogP contribution in [0.2, 0.25) is 0 Å². The second kappa shape index (κ2) is 7.26. The Balaban J connectivity index is 2.05. The molecule has 0 N–H and O–H groups in total. The zero-order valence-corrected chi connectivity index (χ0v) is 12.5. The van der Waals surface area contributed by atoms with Gasteiger partial charge in [-0.2, -0.15) is 9.97 Å². The van der Waals surface area contributed by atoms with Gasteiger partial charge in [0, 0.05) is 0 Å². The largest absolute Gasteiger partial charge is 0.486 e. The monoisotopic (exact) mass is 304 g/mol. The summed E-state index contributed by atoms with van der Waals surface area (Å²) in [6.45, 7) is 0.144. The molecule has 0 aliphatic heterocycles. The first-order valence-electron chi connectivity index (χ1n) is 6.43. The molecule has 0 aliphatic rings. The molecular formula is C15H16N2O5. The highest BCUT2D eigenvalue weighted by Crippen LogP contribution is 2.17. The van der Waals surface area contributed by atoms with Crippen LogP contribution in [0.3, 0.4) is 0 Å². The fraction of sp³-hybridized carbons (Fsp3) is 0.267. The lowest BCUT2D eigenvalue weighted by Crippen LogP contribution is -2.05. The van der Waals surface area contributed by atoms with E-state index < -0.39 is 5.97 Å². The van der Waals surface area contributed by atoms with Crippen molar-refractivity contribution in [3.63, 3.8) is 0 Å². The van der Waals surface area contributed by atoms with Crippen LogP contribution in [-0.4, -0.2) is 37.3 Å².